The molecule has 0 bridgehead atoms. The first-order chi connectivity index (χ1) is 13.1. The molecule has 0 spiro atoms. The molecule has 0 atom stereocenters. The summed E-state index contributed by atoms with van der Waals surface area (Å²) in [7, 11) is 0. The average molecular weight is 386 g/mol. The average Bonchev–Trinajstić information content (AvgIpc) is 2.68. The highest BCUT2D eigenvalue weighted by Crippen LogP contribution is 2.16. The van der Waals surface area contributed by atoms with Crippen molar-refractivity contribution in [3.8, 4) is 0 Å². The summed E-state index contributed by atoms with van der Waals surface area (Å²) in [6.07, 6.45) is 2.20. The maximum Gasteiger partial charge on any atom is 0.263 e. The Morgan fingerprint density at radius 3 is 2.78 bits per heavy atom. The lowest BCUT2D eigenvalue weighted by Gasteiger charge is -2.10. The Hall–Kier alpha value is -2.74. The molecule has 1 amide bonds. The first-order valence-electron chi connectivity index (χ1n) is 8.58. The van der Waals surface area contributed by atoms with Crippen molar-refractivity contribution in [3.05, 3.63) is 64.3 Å². The molecule has 0 aliphatic rings. The van der Waals surface area contributed by atoms with Gasteiger partial charge >= 0.3 is 0 Å². The van der Waals surface area contributed by atoms with Crippen LogP contribution in [0, 0.1) is 5.82 Å². The number of fused-ring (bicyclic) bond motifs is 1. The predicted octanol–water partition coefficient (Wildman–Crippen LogP) is 2.40. The highest BCUT2D eigenvalue weighted by molar-refractivity contribution is 7.99. The fraction of sp³-hybridized carbons (Fsp3) is 0.263. The minimum atomic E-state index is -0.279. The van der Waals surface area contributed by atoms with Crippen LogP contribution < -0.4 is 10.9 Å². The van der Waals surface area contributed by atoms with Crippen LogP contribution in [0.4, 0.5) is 4.39 Å². The van der Waals surface area contributed by atoms with Crippen LogP contribution >= 0.6 is 11.8 Å². The van der Waals surface area contributed by atoms with Crippen LogP contribution in [0.2, 0.25) is 0 Å². The standard InChI is InChI=1S/C19H19FN4O2S/c1-2-24-18(26)15-4-3-10-22-17(15)23-19(24)27-12-16(25)21-11-9-13-5-7-14(20)8-6-13/h3-8,10H,2,9,11-12H2,1H3,(H,21,25). The number of hydrogen-bond donors (Lipinski definition) is 1. The lowest BCUT2D eigenvalue weighted by molar-refractivity contribution is -0.118. The van der Waals surface area contributed by atoms with Crippen LogP contribution in [-0.2, 0) is 17.8 Å². The van der Waals surface area contributed by atoms with Gasteiger partial charge < -0.3 is 5.32 Å². The summed E-state index contributed by atoms with van der Waals surface area (Å²) in [5, 5.41) is 3.76. The van der Waals surface area contributed by atoms with Gasteiger partial charge in [-0.1, -0.05) is 23.9 Å². The molecule has 2 heterocycles. The van der Waals surface area contributed by atoms with Gasteiger partial charge in [0.25, 0.3) is 5.56 Å². The highest BCUT2D eigenvalue weighted by atomic mass is 32.2. The fourth-order valence-electron chi connectivity index (χ4n) is 2.60. The maximum absolute atomic E-state index is 12.9. The number of carbonyl (C=O) groups excluding carboxylic acids is 1. The normalized spacial score (nSPS) is 10.9. The number of amides is 1. The second kappa shape index (κ2) is 8.77. The van der Waals surface area contributed by atoms with E-state index >= 15 is 0 Å². The van der Waals surface area contributed by atoms with Crippen molar-refractivity contribution in [2.75, 3.05) is 12.3 Å². The van der Waals surface area contributed by atoms with E-state index in [9.17, 15) is 14.0 Å². The van der Waals surface area contributed by atoms with Gasteiger partial charge in [-0.05, 0) is 43.2 Å². The van der Waals surface area contributed by atoms with E-state index in [2.05, 4.69) is 15.3 Å². The molecule has 0 aliphatic carbocycles. The van der Waals surface area contributed by atoms with Gasteiger partial charge in [0.2, 0.25) is 5.91 Å². The van der Waals surface area contributed by atoms with Gasteiger partial charge in [-0.15, -0.1) is 0 Å². The van der Waals surface area contributed by atoms with Gasteiger partial charge in [0, 0.05) is 19.3 Å². The van der Waals surface area contributed by atoms with E-state index in [0.29, 0.717) is 35.7 Å². The molecule has 6 nitrogen and oxygen atoms in total. The number of benzene rings is 1. The number of hydrogen-bond acceptors (Lipinski definition) is 5. The van der Waals surface area contributed by atoms with Gasteiger partial charge in [0.05, 0.1) is 11.1 Å². The summed E-state index contributed by atoms with van der Waals surface area (Å²) in [6, 6.07) is 9.59. The molecule has 0 fully saturated rings. The van der Waals surface area contributed by atoms with Crippen LogP contribution in [-0.4, -0.2) is 32.7 Å². The first kappa shape index (κ1) is 19.0. The number of rotatable bonds is 7. The van der Waals surface area contributed by atoms with Crippen molar-refractivity contribution in [1.82, 2.24) is 19.9 Å². The van der Waals surface area contributed by atoms with Crippen molar-refractivity contribution in [3.63, 3.8) is 0 Å². The van der Waals surface area contributed by atoms with Gasteiger partial charge in [0.15, 0.2) is 10.8 Å². The second-order valence-electron chi connectivity index (χ2n) is 5.83. The highest BCUT2D eigenvalue weighted by Gasteiger charge is 2.12. The molecule has 0 aliphatic heterocycles. The molecule has 1 N–H and O–H groups in total. The van der Waals surface area contributed by atoms with Crippen LogP contribution in [0.1, 0.15) is 12.5 Å². The van der Waals surface area contributed by atoms with Gasteiger partial charge in [-0.3, -0.25) is 14.2 Å². The Kier molecular flexibility index (Phi) is 6.18. The number of nitrogens with one attached hydrogen (secondary N) is 1. The Balaban J connectivity index is 1.60. The predicted molar refractivity (Wildman–Crippen MR) is 103 cm³/mol. The zero-order valence-corrected chi connectivity index (χ0v) is 15.6. The van der Waals surface area contributed by atoms with E-state index in [0.717, 1.165) is 5.56 Å². The number of aromatic nitrogens is 3. The lowest BCUT2D eigenvalue weighted by Crippen LogP contribution is -2.28. The first-order valence-corrected chi connectivity index (χ1v) is 9.56. The number of carbonyl (C=O) groups is 1. The fourth-order valence-corrected chi connectivity index (χ4v) is 3.48. The maximum atomic E-state index is 12.9. The lowest BCUT2D eigenvalue weighted by atomic mass is 10.1. The Morgan fingerprint density at radius 2 is 2.04 bits per heavy atom. The summed E-state index contributed by atoms with van der Waals surface area (Å²) < 4.78 is 14.4. The smallest absolute Gasteiger partial charge is 0.263 e. The molecular weight excluding hydrogens is 367 g/mol. The summed E-state index contributed by atoms with van der Waals surface area (Å²) in [6.45, 7) is 2.78. The molecule has 0 radical (unpaired) electrons. The van der Waals surface area contributed by atoms with E-state index < -0.39 is 0 Å². The SMILES string of the molecule is CCn1c(SCC(=O)NCCc2ccc(F)cc2)nc2ncccc2c1=O. The minimum absolute atomic E-state index is 0.147. The third kappa shape index (κ3) is 4.71. The largest absolute Gasteiger partial charge is 0.355 e. The van der Waals surface area contributed by atoms with E-state index in [1.165, 1.54) is 23.9 Å². The van der Waals surface area contributed by atoms with E-state index in [-0.39, 0.29) is 23.0 Å². The molecule has 140 valence electrons. The molecule has 2 aromatic heterocycles. The van der Waals surface area contributed by atoms with Crippen molar-refractivity contribution in [2.24, 2.45) is 0 Å². The van der Waals surface area contributed by atoms with Crippen LogP contribution in [0.15, 0.2) is 52.5 Å². The molecule has 1 aromatic carbocycles. The molecule has 27 heavy (non-hydrogen) atoms. The van der Waals surface area contributed by atoms with E-state index in [1.54, 1.807) is 35.0 Å². The van der Waals surface area contributed by atoms with Crippen LogP contribution in [0.25, 0.3) is 11.0 Å². The van der Waals surface area contributed by atoms with E-state index in [1.807, 2.05) is 6.92 Å². The zero-order chi connectivity index (χ0) is 19.2. The Labute approximate surface area is 159 Å². The topological polar surface area (TPSA) is 76.9 Å². The minimum Gasteiger partial charge on any atom is -0.355 e. The molecule has 0 saturated heterocycles. The molecule has 3 aromatic rings. The summed E-state index contributed by atoms with van der Waals surface area (Å²) in [5.74, 6) is -0.285. The summed E-state index contributed by atoms with van der Waals surface area (Å²) in [5.41, 5.74) is 1.17. The monoisotopic (exact) mass is 386 g/mol. The van der Waals surface area contributed by atoms with Crippen molar-refractivity contribution < 1.29 is 9.18 Å². The zero-order valence-electron chi connectivity index (χ0n) is 14.8. The van der Waals surface area contributed by atoms with Gasteiger partial charge in [-0.25, -0.2) is 14.4 Å². The van der Waals surface area contributed by atoms with Crippen LogP contribution in [0.5, 0.6) is 0 Å². The molecule has 0 saturated carbocycles. The van der Waals surface area contributed by atoms with Crippen LogP contribution in [0.3, 0.4) is 0 Å². The third-order valence-corrected chi connectivity index (χ3v) is 4.97. The number of thioether (sulfide) groups is 1. The third-order valence-electron chi connectivity index (χ3n) is 3.99. The quantitative estimate of drug-likeness (QED) is 0.498. The van der Waals surface area contributed by atoms with Gasteiger partial charge in [0.1, 0.15) is 5.82 Å². The second-order valence-corrected chi connectivity index (χ2v) is 6.78. The summed E-state index contributed by atoms with van der Waals surface area (Å²) >= 11 is 1.21. The number of halogens is 1. The van der Waals surface area contributed by atoms with Crippen molar-refractivity contribution in [1.29, 1.82) is 0 Å². The van der Waals surface area contributed by atoms with Crippen molar-refractivity contribution >= 4 is 28.7 Å². The van der Waals surface area contributed by atoms with E-state index in [4.69, 9.17) is 0 Å². The van der Waals surface area contributed by atoms with Gasteiger partial charge in [-0.2, -0.15) is 0 Å². The summed E-state index contributed by atoms with van der Waals surface area (Å²) in [4.78, 5) is 33.2. The number of nitrogens with zero attached hydrogens (tertiary/aromatic N) is 3. The Bertz CT molecular complexity index is 1000. The molecule has 0 unspecified atom stereocenters. The Morgan fingerprint density at radius 1 is 1.26 bits per heavy atom. The molecule has 3 rings (SSSR count). The molecular formula is C19H19FN4O2S. The number of pyridine rings is 1. The van der Waals surface area contributed by atoms with Crippen molar-refractivity contribution in [2.45, 2.75) is 25.0 Å². The molecule has 8 heteroatoms.